The van der Waals surface area contributed by atoms with Crippen LogP contribution >= 0.6 is 23.2 Å². The number of nitrogens with zero attached hydrogens (tertiary/aromatic N) is 1. The zero-order valence-electron chi connectivity index (χ0n) is 23.1. The van der Waals surface area contributed by atoms with E-state index in [1.54, 1.807) is 13.0 Å². The summed E-state index contributed by atoms with van der Waals surface area (Å²) in [7, 11) is 1.40. The smallest absolute Gasteiger partial charge is 0.305 e. The van der Waals surface area contributed by atoms with Crippen molar-refractivity contribution in [3.63, 3.8) is 0 Å². The molecule has 0 fully saturated rings. The van der Waals surface area contributed by atoms with E-state index in [2.05, 4.69) is 9.72 Å². The fourth-order valence-corrected chi connectivity index (χ4v) is 3.33. The lowest BCUT2D eigenvalue weighted by atomic mass is 10.1. The third kappa shape index (κ3) is 13.3. The Morgan fingerprint density at radius 3 is 2.23 bits per heavy atom. The van der Waals surface area contributed by atoms with Gasteiger partial charge < -0.3 is 24.7 Å². The van der Waals surface area contributed by atoms with Crippen molar-refractivity contribution in [3.8, 4) is 11.5 Å². The molecule has 2 aromatic carbocycles. The van der Waals surface area contributed by atoms with Crippen molar-refractivity contribution in [1.29, 1.82) is 0 Å². The summed E-state index contributed by atoms with van der Waals surface area (Å²) < 4.78 is 19.8. The van der Waals surface area contributed by atoms with E-state index in [0.717, 1.165) is 12.0 Å². The first-order valence-corrected chi connectivity index (χ1v) is 13.0. The average molecular weight is 594 g/mol. The van der Waals surface area contributed by atoms with Crippen LogP contribution in [0.25, 0.3) is 0 Å². The molecular weight excluding hydrogens is 559 g/mol. The van der Waals surface area contributed by atoms with Crippen molar-refractivity contribution >= 4 is 41.0 Å². The molecule has 0 bridgehead atoms. The van der Waals surface area contributed by atoms with Gasteiger partial charge in [-0.3, -0.25) is 14.4 Å². The molecule has 9 nitrogen and oxygen atoms in total. The van der Waals surface area contributed by atoms with Crippen LogP contribution in [0.15, 0.2) is 60.8 Å². The van der Waals surface area contributed by atoms with Gasteiger partial charge in [0, 0.05) is 32.0 Å². The van der Waals surface area contributed by atoms with E-state index < -0.39 is 11.9 Å². The minimum Gasteiger partial charge on any atom is -0.493 e. The first-order valence-electron chi connectivity index (χ1n) is 12.2. The Bertz CT molecular complexity index is 1240. The first kappa shape index (κ1) is 34.2. The van der Waals surface area contributed by atoms with Crippen LogP contribution in [0.3, 0.4) is 0 Å². The molecule has 0 aliphatic carbocycles. The molecular formula is C29H34Cl2N2O7. The third-order valence-electron chi connectivity index (χ3n) is 4.85. The molecule has 0 saturated heterocycles. The van der Waals surface area contributed by atoms with Crippen molar-refractivity contribution in [2.45, 2.75) is 46.6 Å². The molecule has 3 aromatic rings. The molecule has 1 amide bonds. The molecule has 0 radical (unpaired) electrons. The molecule has 0 saturated carbocycles. The summed E-state index contributed by atoms with van der Waals surface area (Å²) in [5.74, 6) is -1.08. The quantitative estimate of drug-likeness (QED) is 0.238. The summed E-state index contributed by atoms with van der Waals surface area (Å²) in [5, 5.41) is 1.24. The second kappa shape index (κ2) is 18.5. The highest BCUT2D eigenvalue weighted by Crippen LogP contribution is 2.29. The summed E-state index contributed by atoms with van der Waals surface area (Å²) in [6.45, 7) is 6.58. The van der Waals surface area contributed by atoms with E-state index in [0.29, 0.717) is 16.5 Å². The van der Waals surface area contributed by atoms with Crippen LogP contribution in [-0.4, -0.2) is 42.8 Å². The molecule has 0 aliphatic rings. The third-order valence-corrected chi connectivity index (χ3v) is 5.59. The number of carbonyl (C=O) groups is 3. The van der Waals surface area contributed by atoms with Crippen LogP contribution in [-0.2, 0) is 25.5 Å². The fourth-order valence-electron chi connectivity index (χ4n) is 2.97. The predicted octanol–water partition coefficient (Wildman–Crippen LogP) is 5.96. The van der Waals surface area contributed by atoms with Gasteiger partial charge in [0.1, 0.15) is 6.10 Å². The highest BCUT2D eigenvalue weighted by molar-refractivity contribution is 6.42. The number of carbonyl (C=O) groups excluding carboxylic acids is 3. The molecule has 2 N–H and O–H groups in total. The highest BCUT2D eigenvalue weighted by atomic mass is 35.5. The number of methoxy groups -OCH3 is 1. The van der Waals surface area contributed by atoms with Crippen molar-refractivity contribution in [3.05, 3.63) is 87.7 Å². The number of aryl methyl sites for hydroxylation is 1. The van der Waals surface area contributed by atoms with Gasteiger partial charge in [-0.1, -0.05) is 66.5 Å². The van der Waals surface area contributed by atoms with Gasteiger partial charge in [-0.05, 0) is 37.1 Å². The van der Waals surface area contributed by atoms with Crippen molar-refractivity contribution in [1.82, 2.24) is 4.98 Å². The lowest BCUT2D eigenvalue weighted by Crippen LogP contribution is -2.17. The Balaban J connectivity index is 0.000000314. The lowest BCUT2D eigenvalue weighted by Gasteiger charge is -2.12. The van der Waals surface area contributed by atoms with Crippen molar-refractivity contribution < 1.29 is 33.3 Å². The van der Waals surface area contributed by atoms with Crippen molar-refractivity contribution in [2.75, 3.05) is 13.9 Å². The van der Waals surface area contributed by atoms with Gasteiger partial charge in [-0.25, -0.2) is 4.98 Å². The average Bonchev–Trinajstić information content (AvgIpc) is 2.91. The molecule has 40 heavy (non-hydrogen) atoms. The number of hydrogen-bond donors (Lipinski definition) is 1. The van der Waals surface area contributed by atoms with Crippen LogP contribution in [0.4, 0.5) is 0 Å². The van der Waals surface area contributed by atoms with E-state index in [9.17, 15) is 14.4 Å². The molecule has 1 unspecified atom stereocenters. The van der Waals surface area contributed by atoms with E-state index in [1.807, 2.05) is 56.3 Å². The Morgan fingerprint density at radius 2 is 1.70 bits per heavy atom. The number of primary amides is 1. The molecule has 1 aromatic heterocycles. The lowest BCUT2D eigenvalue weighted by molar-refractivity contribution is -0.148. The number of ether oxygens (including phenoxy) is 4. The SMILES string of the molecule is CCC(=O)OC(C)Cc1ccccc1.COc1ccnc(C(N)=O)c1OCOC(C)=O.Cc1ccc(Cl)c(Cl)c1. The van der Waals surface area contributed by atoms with E-state index >= 15 is 0 Å². The van der Waals surface area contributed by atoms with Gasteiger partial charge in [-0.2, -0.15) is 0 Å². The van der Waals surface area contributed by atoms with E-state index in [4.69, 9.17) is 43.1 Å². The van der Waals surface area contributed by atoms with E-state index in [-0.39, 0.29) is 36.1 Å². The second-order valence-electron chi connectivity index (χ2n) is 8.21. The minimum absolute atomic E-state index is 0.0372. The first-order chi connectivity index (χ1) is 19.0. The summed E-state index contributed by atoms with van der Waals surface area (Å²) in [6.07, 6.45) is 2.55. The summed E-state index contributed by atoms with van der Waals surface area (Å²) in [6, 6.07) is 17.1. The van der Waals surface area contributed by atoms with Gasteiger partial charge >= 0.3 is 11.9 Å². The van der Waals surface area contributed by atoms with Gasteiger partial charge in [0.05, 0.1) is 17.2 Å². The van der Waals surface area contributed by atoms with Crippen LogP contribution < -0.4 is 15.2 Å². The fraction of sp³-hybridized carbons (Fsp3) is 0.310. The molecule has 0 spiro atoms. The second-order valence-corrected chi connectivity index (χ2v) is 9.03. The Morgan fingerprint density at radius 1 is 1.02 bits per heavy atom. The van der Waals surface area contributed by atoms with Crippen LogP contribution in [0.2, 0.25) is 10.0 Å². The molecule has 1 heterocycles. The number of nitrogens with two attached hydrogens (primary N) is 1. The number of rotatable bonds is 9. The number of hydrogen-bond acceptors (Lipinski definition) is 8. The number of amides is 1. The maximum absolute atomic E-state index is 11.1. The van der Waals surface area contributed by atoms with E-state index in [1.165, 1.54) is 31.9 Å². The van der Waals surface area contributed by atoms with Crippen LogP contribution in [0.5, 0.6) is 11.5 Å². The monoisotopic (exact) mass is 592 g/mol. The van der Waals surface area contributed by atoms with Gasteiger partial charge in [0.2, 0.25) is 6.79 Å². The summed E-state index contributed by atoms with van der Waals surface area (Å²) in [4.78, 5) is 36.4. The highest BCUT2D eigenvalue weighted by Gasteiger charge is 2.16. The van der Waals surface area contributed by atoms with Gasteiger partial charge in [-0.15, -0.1) is 0 Å². The van der Waals surface area contributed by atoms with Gasteiger partial charge in [0.25, 0.3) is 5.91 Å². The maximum Gasteiger partial charge on any atom is 0.305 e. The number of pyridine rings is 1. The Kier molecular flexibility index (Phi) is 15.8. The number of halogens is 2. The zero-order chi connectivity index (χ0) is 30.1. The molecule has 3 rings (SSSR count). The zero-order valence-corrected chi connectivity index (χ0v) is 24.6. The van der Waals surface area contributed by atoms with Gasteiger partial charge in [0.15, 0.2) is 17.2 Å². The number of benzene rings is 2. The molecule has 1 atom stereocenters. The Labute approximate surface area is 244 Å². The maximum atomic E-state index is 11.1. The molecule has 11 heteroatoms. The topological polar surface area (TPSA) is 127 Å². The largest absolute Gasteiger partial charge is 0.493 e. The Hall–Kier alpha value is -3.82. The van der Waals surface area contributed by atoms with Crippen molar-refractivity contribution in [2.24, 2.45) is 5.73 Å². The summed E-state index contributed by atoms with van der Waals surface area (Å²) >= 11 is 11.3. The van der Waals surface area contributed by atoms with Crippen LogP contribution in [0, 0.1) is 6.92 Å². The molecule has 0 aliphatic heterocycles. The number of aromatic nitrogens is 1. The minimum atomic E-state index is -0.762. The molecule has 216 valence electrons. The summed E-state index contributed by atoms with van der Waals surface area (Å²) in [5.41, 5.74) is 7.37. The predicted molar refractivity (Wildman–Crippen MR) is 154 cm³/mol. The van der Waals surface area contributed by atoms with Crippen LogP contribution in [0.1, 0.15) is 48.8 Å². The standard InChI is InChI=1S/C12H16O2.C10H12N2O5.C7H6Cl2/c1-3-12(13)14-10(2)9-11-7-5-4-6-8-11;1-6(13)16-5-17-9-7(15-2)3-4-12-8(9)10(11)14;1-5-2-3-6(8)7(9)4-5/h4-8,10H,3,9H2,1-2H3;3-4H,5H2,1-2H3,(H2,11,14);2-4H,1H3. The normalized spacial score (nSPS) is 10.5. The number of esters is 2.